The first-order chi connectivity index (χ1) is 15.0. The van der Waals surface area contributed by atoms with Crippen LogP contribution in [-0.4, -0.2) is 42.0 Å². The molecule has 2 heterocycles. The van der Waals surface area contributed by atoms with E-state index in [-0.39, 0.29) is 69.3 Å². The van der Waals surface area contributed by atoms with Gasteiger partial charge in [0.05, 0.1) is 30.6 Å². The zero-order chi connectivity index (χ0) is 21.8. The van der Waals surface area contributed by atoms with Crippen LogP contribution in [0.25, 0.3) is 0 Å². The molecule has 1 unspecified atom stereocenters. The molecule has 2 aliphatic heterocycles. The number of anilines is 1. The smallest absolute Gasteiger partial charge is 0.560 e. The van der Waals surface area contributed by atoms with E-state index >= 15 is 0 Å². The van der Waals surface area contributed by atoms with Crippen molar-refractivity contribution in [2.45, 2.75) is 19.4 Å². The summed E-state index contributed by atoms with van der Waals surface area (Å²) in [5.74, 6) is -0.560. The Labute approximate surface area is 230 Å². The second-order valence-electron chi connectivity index (χ2n) is 7.45. The minimum atomic E-state index is -0.337. The van der Waals surface area contributed by atoms with Gasteiger partial charge < -0.3 is 31.1 Å². The van der Waals surface area contributed by atoms with Crippen molar-refractivity contribution >= 4 is 29.5 Å². The number of benzene rings is 2. The SMILES string of the molecule is CC(N[C-]=CN=C1C=[N+](C)[CH-]1)c1cccc(NC(=O)c2ccc3c(c2)CCOC3=O)c1.[K+]. The number of hydrogen-bond acceptors (Lipinski definition) is 5. The maximum Gasteiger partial charge on any atom is 1.00 e. The van der Waals surface area contributed by atoms with Crippen LogP contribution in [0.4, 0.5) is 5.69 Å². The van der Waals surface area contributed by atoms with Gasteiger partial charge in [0, 0.05) is 23.7 Å². The molecular weight excluding hydrogens is 431 g/mol. The molecule has 2 aromatic rings. The summed E-state index contributed by atoms with van der Waals surface area (Å²) in [5.41, 5.74) is 4.47. The number of nitrogens with zero attached hydrogens (tertiary/aromatic N) is 2. The van der Waals surface area contributed by atoms with Gasteiger partial charge in [-0.2, -0.15) is 0 Å². The Kier molecular flexibility index (Phi) is 8.44. The minimum absolute atomic E-state index is 0. The number of carbonyl (C=O) groups excluding carboxylic acids is 2. The number of cyclic esters (lactones) is 1. The maximum atomic E-state index is 12.7. The fourth-order valence-corrected chi connectivity index (χ4v) is 3.39. The first-order valence-electron chi connectivity index (χ1n) is 10.0. The van der Waals surface area contributed by atoms with Crippen molar-refractivity contribution in [3.8, 4) is 0 Å². The number of amides is 1. The van der Waals surface area contributed by atoms with E-state index in [1.54, 1.807) is 24.4 Å². The normalized spacial score (nSPS) is 16.6. The van der Waals surface area contributed by atoms with Crippen molar-refractivity contribution in [2.24, 2.45) is 4.99 Å². The van der Waals surface area contributed by atoms with E-state index < -0.39 is 0 Å². The molecule has 0 fully saturated rings. The van der Waals surface area contributed by atoms with Crippen LogP contribution < -0.4 is 62.0 Å². The van der Waals surface area contributed by atoms with Crippen LogP contribution >= 0.6 is 0 Å². The Hall–Kier alpha value is -2.23. The second-order valence-corrected chi connectivity index (χ2v) is 7.45. The third-order valence-corrected chi connectivity index (χ3v) is 5.09. The second kappa shape index (κ2) is 11.1. The summed E-state index contributed by atoms with van der Waals surface area (Å²) in [5, 5.41) is 6.08. The van der Waals surface area contributed by atoms with E-state index in [9.17, 15) is 9.59 Å². The Balaban J connectivity index is 0.00000289. The van der Waals surface area contributed by atoms with Crippen LogP contribution in [-0.2, 0) is 11.2 Å². The summed E-state index contributed by atoms with van der Waals surface area (Å²) in [6, 6.07) is 12.7. The quantitative estimate of drug-likeness (QED) is 0.210. The molecule has 0 radical (unpaired) electrons. The minimum Gasteiger partial charge on any atom is -0.560 e. The van der Waals surface area contributed by atoms with E-state index in [1.165, 1.54) is 0 Å². The van der Waals surface area contributed by atoms with Crippen molar-refractivity contribution in [1.29, 1.82) is 0 Å². The summed E-state index contributed by atoms with van der Waals surface area (Å²) >= 11 is 0. The Morgan fingerprint density at radius 2 is 2.12 bits per heavy atom. The van der Waals surface area contributed by atoms with E-state index in [1.807, 2.05) is 55.6 Å². The van der Waals surface area contributed by atoms with E-state index in [0.717, 1.165) is 16.8 Å². The molecule has 0 bridgehead atoms. The van der Waals surface area contributed by atoms with Gasteiger partial charge in [-0.3, -0.25) is 4.79 Å². The van der Waals surface area contributed by atoms with Crippen molar-refractivity contribution in [1.82, 2.24) is 5.32 Å². The van der Waals surface area contributed by atoms with Crippen molar-refractivity contribution in [3.63, 3.8) is 0 Å². The van der Waals surface area contributed by atoms with E-state index in [2.05, 4.69) is 21.8 Å². The Morgan fingerprint density at radius 1 is 1.31 bits per heavy atom. The van der Waals surface area contributed by atoms with Crippen LogP contribution in [0.2, 0.25) is 0 Å². The molecule has 2 aliphatic rings. The molecule has 7 nitrogen and oxygen atoms in total. The largest absolute Gasteiger partial charge is 1.00 e. The van der Waals surface area contributed by atoms with Gasteiger partial charge in [0.2, 0.25) is 0 Å². The number of nitrogens with one attached hydrogen (secondary N) is 2. The topological polar surface area (TPSA) is 82.8 Å². The number of hydrogen-bond donors (Lipinski definition) is 2. The molecule has 0 aromatic heterocycles. The first kappa shape index (κ1) is 24.4. The van der Waals surface area contributed by atoms with Gasteiger partial charge in [-0.15, -0.1) is 6.20 Å². The third-order valence-electron chi connectivity index (χ3n) is 5.09. The van der Waals surface area contributed by atoms with E-state index in [0.29, 0.717) is 29.8 Å². The number of rotatable bonds is 6. The fourth-order valence-electron chi connectivity index (χ4n) is 3.39. The van der Waals surface area contributed by atoms with Crippen molar-refractivity contribution in [2.75, 3.05) is 19.0 Å². The monoisotopic (exact) mass is 454 g/mol. The Morgan fingerprint density at radius 3 is 2.91 bits per heavy atom. The summed E-state index contributed by atoms with van der Waals surface area (Å²) in [4.78, 5) is 28.7. The van der Waals surface area contributed by atoms with Gasteiger partial charge in [-0.1, -0.05) is 12.1 Å². The van der Waals surface area contributed by atoms with Gasteiger partial charge in [0.15, 0.2) is 0 Å². The summed E-state index contributed by atoms with van der Waals surface area (Å²) in [6.45, 7) is 4.27. The molecule has 4 rings (SSSR count). The molecule has 0 spiro atoms. The summed E-state index contributed by atoms with van der Waals surface area (Å²) in [7, 11) is 1.94. The molecule has 158 valence electrons. The summed E-state index contributed by atoms with van der Waals surface area (Å²) < 4.78 is 6.96. The molecule has 0 aliphatic carbocycles. The maximum absolute atomic E-state index is 12.7. The van der Waals surface area contributed by atoms with Gasteiger partial charge in [-0.05, 0) is 48.4 Å². The van der Waals surface area contributed by atoms with Gasteiger partial charge in [0.1, 0.15) is 7.05 Å². The standard InChI is InChI=1S/C24H23N4O3.K/c1-16(25-9-10-26-21-14-28(2)15-21)17-4-3-5-20(13-17)27-23(29)19-6-7-22-18(12-19)8-11-31-24(22)30;/h3-7,10,12-16,25H,8,11H2,1-2H3,(H,27,29);/q-1;+1. The average Bonchev–Trinajstić information content (AvgIpc) is 2.75. The molecule has 0 saturated carbocycles. The number of fused-ring (bicyclic) bond motifs is 1. The molecule has 2 N–H and O–H groups in total. The van der Waals surface area contributed by atoms with Crippen LogP contribution in [0.1, 0.15) is 44.8 Å². The van der Waals surface area contributed by atoms with Gasteiger partial charge >= 0.3 is 57.4 Å². The third kappa shape index (κ3) is 5.96. The molecule has 1 amide bonds. The summed E-state index contributed by atoms with van der Waals surface area (Å²) in [6.07, 6.45) is 7.10. The average molecular weight is 455 g/mol. The van der Waals surface area contributed by atoms with Crippen LogP contribution in [0.3, 0.4) is 0 Å². The molecule has 0 saturated heterocycles. The molecule has 8 heteroatoms. The molecule has 1 atom stereocenters. The van der Waals surface area contributed by atoms with Crippen LogP contribution in [0.5, 0.6) is 0 Å². The van der Waals surface area contributed by atoms with Gasteiger partial charge in [-0.25, -0.2) is 4.79 Å². The van der Waals surface area contributed by atoms with Crippen LogP contribution in [0.15, 0.2) is 53.7 Å². The number of ether oxygens (including phenoxy) is 1. The zero-order valence-corrected chi connectivity index (χ0v) is 21.5. The Bertz CT molecular complexity index is 1120. The molecular formula is C24H23KN4O3. The van der Waals surface area contributed by atoms with Gasteiger partial charge in [0.25, 0.3) is 5.91 Å². The number of esters is 1. The van der Waals surface area contributed by atoms with Crippen molar-refractivity contribution < 1.29 is 70.3 Å². The number of aliphatic imine (C=N–C) groups is 1. The fraction of sp³-hybridized carbons (Fsp3) is 0.208. The molecule has 32 heavy (non-hydrogen) atoms. The van der Waals surface area contributed by atoms with Crippen LogP contribution in [0, 0.1) is 12.7 Å². The number of carbonyl (C=O) groups is 2. The predicted molar refractivity (Wildman–Crippen MR) is 118 cm³/mol. The molecule has 2 aromatic carbocycles. The predicted octanol–water partition coefficient (Wildman–Crippen LogP) is -0.0897. The van der Waals surface area contributed by atoms with Crippen molar-refractivity contribution in [3.05, 3.63) is 83.7 Å². The van der Waals surface area contributed by atoms with E-state index in [4.69, 9.17) is 4.74 Å². The zero-order valence-electron chi connectivity index (χ0n) is 18.4. The first-order valence-corrected chi connectivity index (χ1v) is 10.0.